The van der Waals surface area contributed by atoms with E-state index in [0.717, 1.165) is 31.6 Å². The summed E-state index contributed by atoms with van der Waals surface area (Å²) in [6.45, 7) is 3.65. The Morgan fingerprint density at radius 3 is 2.37 bits per heavy atom. The quantitative estimate of drug-likeness (QED) is 0.657. The highest BCUT2D eigenvalue weighted by atomic mass is 35.5. The number of likely N-dealkylation sites (N-methyl/N-ethyl adjacent to an activating group) is 1. The summed E-state index contributed by atoms with van der Waals surface area (Å²) < 4.78 is 1.53. The number of pyridine rings is 1. The fourth-order valence-electron chi connectivity index (χ4n) is 3.33. The van der Waals surface area contributed by atoms with Gasteiger partial charge in [-0.3, -0.25) is 9.36 Å². The minimum absolute atomic E-state index is 0.194. The van der Waals surface area contributed by atoms with Crippen molar-refractivity contribution in [1.82, 2.24) is 19.4 Å². The van der Waals surface area contributed by atoms with E-state index < -0.39 is 0 Å². The maximum Gasteiger partial charge on any atom is 0.259 e. The van der Waals surface area contributed by atoms with Gasteiger partial charge in [0.15, 0.2) is 0 Å². The second-order valence-corrected chi connectivity index (χ2v) is 7.57. The van der Waals surface area contributed by atoms with E-state index >= 15 is 0 Å². The van der Waals surface area contributed by atoms with Crippen LogP contribution in [0.15, 0.2) is 35.3 Å². The van der Waals surface area contributed by atoms with E-state index in [-0.39, 0.29) is 5.56 Å². The summed E-state index contributed by atoms with van der Waals surface area (Å²) in [7, 11) is 3.81. The van der Waals surface area contributed by atoms with Gasteiger partial charge in [0, 0.05) is 50.4 Å². The molecule has 1 aromatic carbocycles. The number of piperazine rings is 1. The van der Waals surface area contributed by atoms with Gasteiger partial charge >= 0.3 is 0 Å². The summed E-state index contributed by atoms with van der Waals surface area (Å²) in [5.41, 5.74) is 1.37. The molecule has 1 fully saturated rings. The molecule has 3 heterocycles. The molecule has 1 aliphatic heterocycles. The van der Waals surface area contributed by atoms with Crippen molar-refractivity contribution in [3.63, 3.8) is 0 Å². The van der Waals surface area contributed by atoms with E-state index in [2.05, 4.69) is 26.8 Å². The number of aryl methyl sites for hydroxylation is 1. The summed E-state index contributed by atoms with van der Waals surface area (Å²) in [5.74, 6) is 0.647. The summed E-state index contributed by atoms with van der Waals surface area (Å²) in [6, 6.07) is 6.96. The third-order valence-electron chi connectivity index (χ3n) is 4.95. The summed E-state index contributed by atoms with van der Waals surface area (Å²) >= 11 is 12.6. The zero-order valence-electron chi connectivity index (χ0n) is 15.1. The van der Waals surface area contributed by atoms with Crippen LogP contribution in [0.2, 0.25) is 10.0 Å². The van der Waals surface area contributed by atoms with Crippen molar-refractivity contribution in [3.05, 3.63) is 50.9 Å². The number of fused-ring (bicyclic) bond motifs is 1. The van der Waals surface area contributed by atoms with Gasteiger partial charge in [-0.05, 0) is 25.2 Å². The number of hydrogen-bond donors (Lipinski definition) is 0. The first-order valence-corrected chi connectivity index (χ1v) is 9.46. The van der Waals surface area contributed by atoms with Gasteiger partial charge in [-0.1, -0.05) is 29.3 Å². The molecule has 2 aromatic heterocycles. The molecule has 4 rings (SSSR count). The zero-order valence-corrected chi connectivity index (χ0v) is 16.6. The van der Waals surface area contributed by atoms with E-state index in [9.17, 15) is 4.79 Å². The van der Waals surface area contributed by atoms with Crippen molar-refractivity contribution >= 4 is 40.2 Å². The fraction of sp³-hybridized carbons (Fsp3) is 0.316. The average molecular weight is 404 g/mol. The van der Waals surface area contributed by atoms with Crippen molar-refractivity contribution in [1.29, 1.82) is 0 Å². The molecule has 140 valence electrons. The highest BCUT2D eigenvalue weighted by molar-refractivity contribution is 6.39. The van der Waals surface area contributed by atoms with E-state index in [1.54, 1.807) is 37.5 Å². The van der Waals surface area contributed by atoms with Gasteiger partial charge in [-0.15, -0.1) is 0 Å². The molecule has 0 N–H and O–H groups in total. The molecule has 1 aliphatic rings. The highest BCUT2D eigenvalue weighted by Crippen LogP contribution is 2.33. The number of nitrogens with zero attached hydrogens (tertiary/aromatic N) is 5. The van der Waals surface area contributed by atoms with Crippen LogP contribution in [0.25, 0.3) is 22.2 Å². The highest BCUT2D eigenvalue weighted by Gasteiger charge is 2.19. The Bertz CT molecular complexity index is 1050. The Morgan fingerprint density at radius 1 is 1.04 bits per heavy atom. The smallest absolute Gasteiger partial charge is 0.259 e. The van der Waals surface area contributed by atoms with Crippen LogP contribution < -0.4 is 10.5 Å². The van der Waals surface area contributed by atoms with Crippen molar-refractivity contribution in [2.24, 2.45) is 7.05 Å². The van der Waals surface area contributed by atoms with Gasteiger partial charge in [0.2, 0.25) is 5.95 Å². The molecular weight excluding hydrogens is 385 g/mol. The first-order chi connectivity index (χ1) is 13.0. The minimum atomic E-state index is -0.194. The zero-order chi connectivity index (χ0) is 19.1. The Kier molecular flexibility index (Phi) is 4.80. The van der Waals surface area contributed by atoms with Crippen molar-refractivity contribution < 1.29 is 0 Å². The molecule has 3 aromatic rings. The van der Waals surface area contributed by atoms with Crippen LogP contribution in [-0.2, 0) is 7.05 Å². The number of rotatable bonds is 2. The SMILES string of the molecule is CN1CCN(c2ncc3cc(-c4c(Cl)cccc4Cl)c(=O)n(C)c3n2)CC1. The van der Waals surface area contributed by atoms with Crippen LogP contribution in [0.5, 0.6) is 0 Å². The Balaban J connectivity index is 1.84. The van der Waals surface area contributed by atoms with E-state index in [4.69, 9.17) is 23.2 Å². The molecule has 0 amide bonds. The van der Waals surface area contributed by atoms with Gasteiger partial charge in [0.25, 0.3) is 5.56 Å². The van der Waals surface area contributed by atoms with Crippen LogP contribution in [0.3, 0.4) is 0 Å². The molecule has 0 bridgehead atoms. The Morgan fingerprint density at radius 2 is 1.70 bits per heavy atom. The normalized spacial score (nSPS) is 15.5. The van der Waals surface area contributed by atoms with Gasteiger partial charge in [-0.25, -0.2) is 4.98 Å². The molecule has 0 radical (unpaired) electrons. The number of anilines is 1. The van der Waals surface area contributed by atoms with E-state index in [0.29, 0.717) is 32.8 Å². The number of aromatic nitrogens is 3. The largest absolute Gasteiger partial charge is 0.338 e. The van der Waals surface area contributed by atoms with Gasteiger partial charge < -0.3 is 9.80 Å². The maximum absolute atomic E-state index is 13.0. The molecule has 0 spiro atoms. The van der Waals surface area contributed by atoms with Crippen LogP contribution in [-0.4, -0.2) is 52.7 Å². The third kappa shape index (κ3) is 3.29. The first kappa shape index (κ1) is 18.2. The van der Waals surface area contributed by atoms with Crippen LogP contribution in [0, 0.1) is 0 Å². The third-order valence-corrected chi connectivity index (χ3v) is 5.58. The second-order valence-electron chi connectivity index (χ2n) is 6.76. The molecule has 0 atom stereocenters. The minimum Gasteiger partial charge on any atom is -0.338 e. The number of halogens is 2. The fourth-order valence-corrected chi connectivity index (χ4v) is 3.93. The van der Waals surface area contributed by atoms with Crippen LogP contribution in [0.1, 0.15) is 0 Å². The lowest BCUT2D eigenvalue weighted by Crippen LogP contribution is -2.45. The summed E-state index contributed by atoms with van der Waals surface area (Å²) in [4.78, 5) is 26.6. The lowest BCUT2D eigenvalue weighted by atomic mass is 10.1. The van der Waals surface area contributed by atoms with E-state index in [1.165, 1.54) is 4.57 Å². The van der Waals surface area contributed by atoms with Gasteiger partial charge in [-0.2, -0.15) is 4.98 Å². The van der Waals surface area contributed by atoms with Crippen LogP contribution >= 0.6 is 23.2 Å². The molecule has 6 nitrogen and oxygen atoms in total. The topological polar surface area (TPSA) is 54.3 Å². The molecule has 8 heteroatoms. The first-order valence-electron chi connectivity index (χ1n) is 8.70. The lowest BCUT2D eigenvalue weighted by Gasteiger charge is -2.32. The molecule has 0 aliphatic carbocycles. The maximum atomic E-state index is 13.0. The van der Waals surface area contributed by atoms with Crippen LogP contribution in [0.4, 0.5) is 5.95 Å². The molecule has 27 heavy (non-hydrogen) atoms. The average Bonchev–Trinajstić information content (AvgIpc) is 2.66. The van der Waals surface area contributed by atoms with Crippen molar-refractivity contribution in [2.75, 3.05) is 38.1 Å². The van der Waals surface area contributed by atoms with Crippen molar-refractivity contribution in [3.8, 4) is 11.1 Å². The summed E-state index contributed by atoms with van der Waals surface area (Å²) in [6.07, 6.45) is 1.75. The predicted molar refractivity (Wildman–Crippen MR) is 110 cm³/mol. The number of benzene rings is 1. The van der Waals surface area contributed by atoms with Gasteiger partial charge in [0.1, 0.15) is 5.65 Å². The molecule has 0 unspecified atom stereocenters. The standard InChI is InChI=1S/C19H19Cl2N5O/c1-24-6-8-26(9-7-24)19-22-11-12-10-13(18(27)25(2)17(12)23-19)16-14(20)4-3-5-15(16)21/h3-5,10-11H,6-9H2,1-2H3. The second kappa shape index (κ2) is 7.11. The monoisotopic (exact) mass is 403 g/mol. The Hall–Kier alpha value is -2.15. The lowest BCUT2D eigenvalue weighted by molar-refractivity contribution is 0.311. The predicted octanol–water partition coefficient (Wildman–Crippen LogP) is 3.05. The summed E-state index contributed by atoms with van der Waals surface area (Å²) in [5, 5.41) is 1.64. The molecule has 1 saturated heterocycles. The van der Waals surface area contributed by atoms with Gasteiger partial charge in [0.05, 0.1) is 15.6 Å². The molecule has 0 saturated carbocycles. The molecular formula is C19H19Cl2N5O. The Labute approximate surface area is 167 Å². The van der Waals surface area contributed by atoms with E-state index in [1.807, 2.05) is 0 Å². The van der Waals surface area contributed by atoms with Crippen molar-refractivity contribution in [2.45, 2.75) is 0 Å². The number of hydrogen-bond acceptors (Lipinski definition) is 5.